The van der Waals surface area contributed by atoms with Gasteiger partial charge in [-0.05, 0) is 149 Å². The number of phosphoric acid groups is 1. The summed E-state index contributed by atoms with van der Waals surface area (Å²) < 4.78 is 27.4. The van der Waals surface area contributed by atoms with Crippen molar-refractivity contribution in [2.75, 3.05) is 14.2 Å². The molecule has 54 heavy (non-hydrogen) atoms. The predicted octanol–water partition coefficient (Wildman–Crippen LogP) is 4.70. The Morgan fingerprint density at radius 2 is 1.15 bits per heavy atom. The minimum atomic E-state index is -5.19. The number of benzene rings is 2. The molecule has 8 rings (SSSR count). The van der Waals surface area contributed by atoms with Gasteiger partial charge in [-0.25, -0.2) is 0 Å². The summed E-state index contributed by atoms with van der Waals surface area (Å²) >= 11 is 12.0. The molecule has 2 fully saturated rings. The number of rotatable bonds is 6. The molecule has 4 unspecified atom stereocenters. The van der Waals surface area contributed by atoms with Crippen molar-refractivity contribution < 1.29 is 92.6 Å². The van der Waals surface area contributed by atoms with Gasteiger partial charge in [0.05, 0.1) is 24.3 Å². The number of hydrogen-bond donors (Lipinski definition) is 1. The van der Waals surface area contributed by atoms with Gasteiger partial charge < -0.3 is 33.5 Å². The van der Waals surface area contributed by atoms with Crippen molar-refractivity contribution >= 4 is 42.5 Å². The van der Waals surface area contributed by atoms with Crippen LogP contribution in [0.2, 0.25) is 10.0 Å². The van der Waals surface area contributed by atoms with E-state index < -0.39 is 7.82 Å². The quantitative estimate of drug-likeness (QED) is 0.195. The Bertz CT molecular complexity index is 1880. The fourth-order valence-electron chi connectivity index (χ4n) is 10.3. The van der Waals surface area contributed by atoms with E-state index in [2.05, 4.69) is 4.52 Å². The molecule has 6 aliphatic rings. The Morgan fingerprint density at radius 1 is 0.685 bits per heavy atom. The average Bonchev–Trinajstić information content (AvgIpc) is 3.12. The Hall–Kier alpha value is -0.670. The molecule has 0 saturated heterocycles. The minimum absolute atomic E-state index is 0. The molecule has 280 valence electrons. The van der Waals surface area contributed by atoms with Crippen LogP contribution in [0.1, 0.15) is 114 Å². The van der Waals surface area contributed by atoms with Crippen LogP contribution in [0.3, 0.4) is 0 Å². The van der Waals surface area contributed by atoms with Gasteiger partial charge in [0.15, 0.2) is 0 Å². The third-order valence-corrected chi connectivity index (χ3v) is 13.4. The standard InChI is InChI=1S/C21H26ClO5P.C21H25ClO2.2Na/c1-26-21(15-9-10-18(22)19(12-15)27-28(23,24)25)20-14-6-4-8-17(20)16-7-3-2-5-13(16)11-14;1-24-21(15-9-10-18(22)19(23)12-15)20-14-6-4-8-17(20)16-7-3-2-5-13(16)11-14;;/h9-10,12,14,17H,2-8,11H2,1H3,(H2,23,24,25);9-10,12,14,17,23H,2-8,11H2,1H3;;/q;;2*+1/p-2/b2*21-20+;;. The second-order valence-corrected chi connectivity index (χ2v) is 17.2. The molecule has 4 bridgehead atoms. The molecule has 7 nitrogen and oxygen atoms in total. The molecule has 0 heterocycles. The second kappa shape index (κ2) is 19.4. The Labute approximate surface area is 374 Å². The zero-order valence-corrected chi connectivity index (χ0v) is 38.6. The third kappa shape index (κ3) is 9.61. The summed E-state index contributed by atoms with van der Waals surface area (Å²) in [5.41, 5.74) is 11.1. The van der Waals surface area contributed by atoms with Gasteiger partial charge in [-0.2, -0.15) is 0 Å². The van der Waals surface area contributed by atoms with E-state index in [1.165, 1.54) is 94.3 Å². The van der Waals surface area contributed by atoms with Crippen LogP contribution >= 0.6 is 31.0 Å². The largest absolute Gasteiger partial charge is 1.00 e. The summed E-state index contributed by atoms with van der Waals surface area (Å²) in [5, 5.41) is 10.5. The monoisotopic (exact) mass is 812 g/mol. The number of aromatic hydroxyl groups is 1. The number of fused-ring (bicyclic) bond motifs is 6. The van der Waals surface area contributed by atoms with Crippen molar-refractivity contribution in [3.63, 3.8) is 0 Å². The molecule has 4 atom stereocenters. The van der Waals surface area contributed by atoms with Crippen LogP contribution in [-0.2, 0) is 14.0 Å². The summed E-state index contributed by atoms with van der Waals surface area (Å²) in [6.07, 6.45) is 19.8. The van der Waals surface area contributed by atoms with Gasteiger partial charge in [0.1, 0.15) is 30.8 Å². The van der Waals surface area contributed by atoms with Crippen molar-refractivity contribution in [1.82, 2.24) is 0 Å². The predicted molar refractivity (Wildman–Crippen MR) is 203 cm³/mol. The molecule has 0 aliphatic heterocycles. The zero-order chi connectivity index (χ0) is 36.6. The number of ether oxygens (including phenoxy) is 2. The van der Waals surface area contributed by atoms with E-state index in [-0.39, 0.29) is 75.6 Å². The molecule has 6 aliphatic carbocycles. The van der Waals surface area contributed by atoms with E-state index in [9.17, 15) is 19.5 Å². The molecular formula is C42H49Cl2Na2O7P. The van der Waals surface area contributed by atoms with Crippen LogP contribution in [0.25, 0.3) is 11.5 Å². The molecule has 0 radical (unpaired) electrons. The van der Waals surface area contributed by atoms with E-state index in [0.717, 1.165) is 42.8 Å². The Morgan fingerprint density at radius 3 is 1.61 bits per heavy atom. The second-order valence-electron chi connectivity index (χ2n) is 15.3. The van der Waals surface area contributed by atoms with E-state index in [4.69, 9.17) is 32.7 Å². The first-order chi connectivity index (χ1) is 25.1. The number of allylic oxidation sites excluding steroid dienone is 6. The molecule has 2 saturated carbocycles. The van der Waals surface area contributed by atoms with Crippen molar-refractivity contribution in [3.05, 3.63) is 91.0 Å². The smallest absolute Gasteiger partial charge is 0.780 e. The van der Waals surface area contributed by atoms with Crippen molar-refractivity contribution in [1.29, 1.82) is 0 Å². The summed E-state index contributed by atoms with van der Waals surface area (Å²) in [7, 11) is -1.79. The summed E-state index contributed by atoms with van der Waals surface area (Å²) in [5.74, 6) is 3.73. The summed E-state index contributed by atoms with van der Waals surface area (Å²) in [6, 6.07) is 10.3. The van der Waals surface area contributed by atoms with Crippen molar-refractivity contribution in [2.24, 2.45) is 23.7 Å². The van der Waals surface area contributed by atoms with Gasteiger partial charge in [-0.1, -0.05) is 58.3 Å². The van der Waals surface area contributed by atoms with Crippen molar-refractivity contribution in [2.45, 2.75) is 103 Å². The Balaban J connectivity index is 0.000000202. The fourth-order valence-corrected chi connectivity index (χ4v) is 11.1. The average molecular weight is 814 g/mol. The number of hydrogen-bond acceptors (Lipinski definition) is 7. The van der Waals surface area contributed by atoms with E-state index >= 15 is 0 Å². The first kappa shape index (κ1) is 44.4. The number of methoxy groups -OCH3 is 2. The van der Waals surface area contributed by atoms with Crippen LogP contribution in [0.5, 0.6) is 11.5 Å². The van der Waals surface area contributed by atoms with Gasteiger partial charge in [0.2, 0.25) is 0 Å². The number of phosphoric ester groups is 1. The molecule has 0 spiro atoms. The van der Waals surface area contributed by atoms with Gasteiger partial charge in [0, 0.05) is 23.0 Å². The van der Waals surface area contributed by atoms with Gasteiger partial charge >= 0.3 is 59.1 Å². The number of halogens is 2. The zero-order valence-electron chi connectivity index (χ0n) is 32.2. The van der Waals surface area contributed by atoms with Gasteiger partial charge in [-0.15, -0.1) is 0 Å². The van der Waals surface area contributed by atoms with Crippen LogP contribution in [0, 0.1) is 23.7 Å². The van der Waals surface area contributed by atoms with Crippen LogP contribution in [0.15, 0.2) is 69.8 Å². The minimum Gasteiger partial charge on any atom is -0.780 e. The molecular weight excluding hydrogens is 764 g/mol. The first-order valence-corrected chi connectivity index (χ1v) is 21.3. The summed E-state index contributed by atoms with van der Waals surface area (Å²) in [4.78, 5) is 22.1. The normalized spacial score (nSPS) is 26.4. The fraction of sp³-hybridized carbons (Fsp3) is 0.524. The molecule has 0 amide bonds. The summed E-state index contributed by atoms with van der Waals surface area (Å²) in [6.45, 7) is 0. The molecule has 0 aromatic heterocycles. The van der Waals surface area contributed by atoms with E-state index in [1.807, 2.05) is 6.07 Å². The SMILES string of the molecule is CO/C(=C1\C2CCCC1C1=C(CCCC1)C2)c1ccc(Cl)c(O)c1.CO/C(=C1\C2CCCC1C1=C(CCCC1)C2)c1ccc(Cl)c(OP(=O)([O-])[O-])c1.[Na+].[Na+]. The van der Waals surface area contributed by atoms with Crippen LogP contribution < -0.4 is 73.4 Å². The topological polar surface area (TPSA) is 111 Å². The van der Waals surface area contributed by atoms with Gasteiger partial charge in [-0.3, -0.25) is 0 Å². The van der Waals surface area contributed by atoms with Crippen molar-refractivity contribution in [3.8, 4) is 11.5 Å². The van der Waals surface area contributed by atoms with Crippen LogP contribution in [0.4, 0.5) is 0 Å². The number of phenolic OH excluding ortho intramolecular Hbond substituents is 1. The molecule has 1 N–H and O–H groups in total. The van der Waals surface area contributed by atoms with E-state index in [1.54, 1.807) is 60.8 Å². The maximum absolute atomic E-state index is 11.1. The van der Waals surface area contributed by atoms with E-state index in [0.29, 0.717) is 34.3 Å². The molecule has 2 aromatic carbocycles. The Kier molecular flexibility index (Phi) is 16.0. The maximum atomic E-state index is 11.1. The molecule has 2 aromatic rings. The van der Waals surface area contributed by atoms with Gasteiger partial charge in [0.25, 0.3) is 0 Å². The third-order valence-electron chi connectivity index (χ3n) is 12.4. The van der Waals surface area contributed by atoms with Crippen LogP contribution in [-0.4, -0.2) is 19.3 Å². The molecule has 12 heteroatoms. The maximum Gasteiger partial charge on any atom is 1.00 e. The number of phenols is 1. The first-order valence-electron chi connectivity index (χ1n) is 19.0.